The molecule has 0 aliphatic carbocycles. The van der Waals surface area contributed by atoms with Gasteiger partial charge >= 0.3 is 6.18 Å². The van der Waals surface area contributed by atoms with Crippen molar-refractivity contribution < 1.29 is 31.8 Å². The monoisotopic (exact) mass is 424 g/mol. The minimum Gasteiger partial charge on any atom is -0.489 e. The van der Waals surface area contributed by atoms with Gasteiger partial charge in [0.05, 0.1) is 24.3 Å². The second kappa shape index (κ2) is 8.74. The quantitative estimate of drug-likeness (QED) is 0.421. The topological polar surface area (TPSA) is 63.4 Å². The Labute approximate surface area is 170 Å². The van der Waals surface area contributed by atoms with Gasteiger partial charge in [0.1, 0.15) is 18.2 Å². The van der Waals surface area contributed by atoms with Crippen LogP contribution in [-0.2, 0) is 22.1 Å². The summed E-state index contributed by atoms with van der Waals surface area (Å²) in [4.78, 5) is 15.7. The zero-order chi connectivity index (χ0) is 21.9. The van der Waals surface area contributed by atoms with Crippen molar-refractivity contribution >= 4 is 22.5 Å². The van der Waals surface area contributed by atoms with Gasteiger partial charge in [-0.1, -0.05) is 0 Å². The van der Waals surface area contributed by atoms with Gasteiger partial charge in [-0.2, -0.15) is 13.2 Å². The number of halogens is 4. The number of anilines is 1. The molecule has 0 fully saturated rings. The molecule has 0 aliphatic rings. The fourth-order valence-corrected chi connectivity index (χ4v) is 3.10. The molecule has 0 bridgehead atoms. The average molecular weight is 424 g/mol. The van der Waals surface area contributed by atoms with Crippen LogP contribution in [0.5, 0.6) is 5.75 Å². The lowest BCUT2D eigenvalue weighted by Gasteiger charge is -2.15. The molecule has 5 nitrogen and oxygen atoms in total. The van der Waals surface area contributed by atoms with Gasteiger partial charge in [-0.3, -0.25) is 4.79 Å². The van der Waals surface area contributed by atoms with Crippen molar-refractivity contribution in [2.75, 3.05) is 25.6 Å². The van der Waals surface area contributed by atoms with E-state index in [0.717, 1.165) is 18.2 Å². The van der Waals surface area contributed by atoms with Gasteiger partial charge in [-0.15, -0.1) is 0 Å². The molecule has 30 heavy (non-hydrogen) atoms. The summed E-state index contributed by atoms with van der Waals surface area (Å²) in [5.74, 6) is -0.913. The molecule has 2 aromatic carbocycles. The second-order valence-electron chi connectivity index (χ2n) is 6.69. The summed E-state index contributed by atoms with van der Waals surface area (Å²) in [5.41, 5.74) is 0.887. The van der Waals surface area contributed by atoms with E-state index in [1.54, 1.807) is 13.0 Å². The fraction of sp³-hybridized carbons (Fsp3) is 0.286. The normalized spacial score (nSPS) is 11.7. The minimum absolute atomic E-state index is 0.0927. The number of carbonyl (C=O) groups is 1. The Hall–Kier alpha value is -3.07. The van der Waals surface area contributed by atoms with Crippen LogP contribution in [0.4, 0.5) is 23.2 Å². The van der Waals surface area contributed by atoms with Gasteiger partial charge in [0.15, 0.2) is 0 Å². The lowest BCUT2D eigenvalue weighted by Crippen LogP contribution is -2.17. The van der Waals surface area contributed by atoms with Crippen LogP contribution in [0.25, 0.3) is 10.9 Å². The minimum atomic E-state index is -4.57. The lowest BCUT2D eigenvalue weighted by atomic mass is 10.1. The first-order chi connectivity index (χ1) is 14.2. The summed E-state index contributed by atoms with van der Waals surface area (Å²) in [6, 6.07) is 7.03. The number of hydrogen-bond donors (Lipinski definition) is 2. The summed E-state index contributed by atoms with van der Waals surface area (Å²) in [6.07, 6.45) is -4.72. The highest BCUT2D eigenvalue weighted by atomic mass is 19.4. The van der Waals surface area contributed by atoms with Crippen LogP contribution < -0.4 is 10.1 Å². The number of alkyl halides is 3. The summed E-state index contributed by atoms with van der Waals surface area (Å²) >= 11 is 0. The zero-order valence-corrected chi connectivity index (χ0v) is 16.3. The Morgan fingerprint density at radius 3 is 2.60 bits per heavy atom. The van der Waals surface area contributed by atoms with Crippen molar-refractivity contribution in [3.63, 3.8) is 0 Å². The van der Waals surface area contributed by atoms with Crippen molar-refractivity contribution in [3.8, 4) is 5.75 Å². The predicted molar refractivity (Wildman–Crippen MR) is 104 cm³/mol. The Morgan fingerprint density at radius 1 is 1.13 bits per heavy atom. The average Bonchev–Trinajstić information content (AvgIpc) is 2.97. The number of amides is 1. The summed E-state index contributed by atoms with van der Waals surface area (Å²) < 4.78 is 63.2. The number of benzene rings is 2. The molecule has 0 saturated heterocycles. The Kier molecular flexibility index (Phi) is 6.31. The molecule has 0 aliphatic heterocycles. The predicted octanol–water partition coefficient (Wildman–Crippen LogP) is 4.84. The smallest absolute Gasteiger partial charge is 0.416 e. The first kappa shape index (κ1) is 21.6. The van der Waals surface area contributed by atoms with Gasteiger partial charge < -0.3 is 19.8 Å². The van der Waals surface area contributed by atoms with Gasteiger partial charge in [0, 0.05) is 23.7 Å². The maximum Gasteiger partial charge on any atom is 0.416 e. The van der Waals surface area contributed by atoms with E-state index >= 15 is 0 Å². The molecule has 160 valence electrons. The van der Waals surface area contributed by atoms with Crippen LogP contribution in [-0.4, -0.2) is 31.2 Å². The number of fused-ring (bicyclic) bond motifs is 1. The Morgan fingerprint density at radius 2 is 1.90 bits per heavy atom. The van der Waals surface area contributed by atoms with Crippen LogP contribution in [0, 0.1) is 12.7 Å². The zero-order valence-electron chi connectivity index (χ0n) is 16.3. The Balaban J connectivity index is 1.86. The van der Waals surface area contributed by atoms with Crippen LogP contribution in [0.1, 0.15) is 16.8 Å². The molecular weight excluding hydrogens is 404 g/mol. The Bertz CT molecular complexity index is 1060. The lowest BCUT2D eigenvalue weighted by molar-refractivity contribution is -0.137. The van der Waals surface area contributed by atoms with E-state index in [9.17, 15) is 22.4 Å². The number of rotatable bonds is 7. The molecule has 0 atom stereocenters. The third kappa shape index (κ3) is 4.91. The largest absolute Gasteiger partial charge is 0.489 e. The molecule has 1 aromatic heterocycles. The van der Waals surface area contributed by atoms with Crippen LogP contribution in [0.3, 0.4) is 0 Å². The molecule has 1 heterocycles. The van der Waals surface area contributed by atoms with Crippen LogP contribution in [0.2, 0.25) is 0 Å². The maximum atomic E-state index is 13.6. The van der Waals surface area contributed by atoms with Gasteiger partial charge in [-0.05, 0) is 48.9 Å². The third-order valence-electron chi connectivity index (χ3n) is 4.54. The number of aryl methyl sites for hydroxylation is 1. The van der Waals surface area contributed by atoms with Crippen LogP contribution in [0.15, 0.2) is 36.4 Å². The van der Waals surface area contributed by atoms with Crippen molar-refractivity contribution in [2.45, 2.75) is 19.5 Å². The second-order valence-corrected chi connectivity index (χ2v) is 6.69. The molecular formula is C21H20F4N2O3. The van der Waals surface area contributed by atoms with Crippen molar-refractivity contribution in [3.05, 3.63) is 59.0 Å². The first-order valence-corrected chi connectivity index (χ1v) is 9.08. The van der Waals surface area contributed by atoms with E-state index in [-0.39, 0.29) is 31.1 Å². The number of nitrogens with one attached hydrogen (secondary N) is 2. The number of ether oxygens (including phenoxy) is 2. The molecule has 1 amide bonds. The van der Waals surface area contributed by atoms with Gasteiger partial charge in [-0.25, -0.2) is 4.39 Å². The number of methoxy groups -OCH3 is 1. The van der Waals surface area contributed by atoms with Crippen molar-refractivity contribution in [1.82, 2.24) is 4.98 Å². The molecule has 2 N–H and O–H groups in total. The number of carbonyl (C=O) groups excluding carboxylic acids is 1. The molecule has 3 rings (SSSR count). The van der Waals surface area contributed by atoms with Gasteiger partial charge in [0.25, 0.3) is 0 Å². The van der Waals surface area contributed by atoms with E-state index in [0.29, 0.717) is 22.2 Å². The number of aromatic nitrogens is 1. The fourth-order valence-electron chi connectivity index (χ4n) is 3.10. The highest BCUT2D eigenvalue weighted by molar-refractivity contribution is 5.97. The number of hydrogen-bond acceptors (Lipinski definition) is 3. The highest BCUT2D eigenvalue weighted by Crippen LogP contribution is 2.35. The number of aromatic amines is 1. The number of H-pyrrole nitrogens is 1. The SMILES string of the molecule is COCCOc1ccc(C(F)(F)F)cc1NC(=O)Cc1c(C)[nH]c2ccc(F)cc12. The molecule has 0 saturated carbocycles. The van der Waals surface area contributed by atoms with Crippen molar-refractivity contribution in [1.29, 1.82) is 0 Å². The van der Waals surface area contributed by atoms with E-state index in [1.165, 1.54) is 19.2 Å². The van der Waals surface area contributed by atoms with Crippen LogP contribution >= 0.6 is 0 Å². The molecule has 0 unspecified atom stereocenters. The summed E-state index contributed by atoms with van der Waals surface area (Å²) in [7, 11) is 1.46. The summed E-state index contributed by atoms with van der Waals surface area (Å²) in [5, 5.41) is 3.03. The maximum absolute atomic E-state index is 13.6. The highest BCUT2D eigenvalue weighted by Gasteiger charge is 2.31. The van der Waals surface area contributed by atoms with E-state index < -0.39 is 23.5 Å². The molecule has 0 spiro atoms. The summed E-state index contributed by atoms with van der Waals surface area (Å²) in [6.45, 7) is 2.07. The molecule has 0 radical (unpaired) electrons. The van der Waals surface area contributed by atoms with Crippen molar-refractivity contribution in [2.24, 2.45) is 0 Å². The first-order valence-electron chi connectivity index (χ1n) is 9.08. The van der Waals surface area contributed by atoms with E-state index in [2.05, 4.69) is 10.3 Å². The third-order valence-corrected chi connectivity index (χ3v) is 4.54. The molecule has 3 aromatic rings. The van der Waals surface area contributed by atoms with E-state index in [1.807, 2.05) is 0 Å². The van der Waals surface area contributed by atoms with Gasteiger partial charge in [0.2, 0.25) is 5.91 Å². The standard InChI is InChI=1S/C21H20F4N2O3/c1-12-15(16-10-14(22)4-5-17(16)26-12)11-20(28)27-18-9-13(21(23,24)25)3-6-19(18)30-8-7-29-2/h3-6,9-10,26H,7-8,11H2,1-2H3,(H,27,28). The molecule has 9 heteroatoms. The van der Waals surface area contributed by atoms with E-state index in [4.69, 9.17) is 9.47 Å².